The van der Waals surface area contributed by atoms with Crippen LogP contribution in [0.15, 0.2) is 36.4 Å². The monoisotopic (exact) mass is 299 g/mol. The van der Waals surface area contributed by atoms with E-state index in [1.807, 2.05) is 36.4 Å². The van der Waals surface area contributed by atoms with Crippen LogP contribution < -0.4 is 19.9 Å². The fourth-order valence-corrected chi connectivity index (χ4v) is 2.25. The number of methoxy groups -OCH3 is 2. The third kappa shape index (κ3) is 2.63. The maximum Gasteiger partial charge on any atom is 0.161 e. The van der Waals surface area contributed by atoms with Gasteiger partial charge in [-0.15, -0.1) is 0 Å². The van der Waals surface area contributed by atoms with Crippen LogP contribution in [0.2, 0.25) is 0 Å². The molecule has 0 bridgehead atoms. The van der Waals surface area contributed by atoms with Crippen molar-refractivity contribution in [2.24, 2.45) is 0 Å². The normalized spacial score (nSPS) is 10.6. The number of ether oxygens (including phenoxy) is 3. The maximum atomic E-state index is 5.80. The van der Waals surface area contributed by atoms with Gasteiger partial charge < -0.3 is 19.9 Å². The SMILES string of the molecule is COc1ccc(COc2ccc3c(N)n[nH]c3c2)cc1OC. The van der Waals surface area contributed by atoms with Gasteiger partial charge in [0.15, 0.2) is 17.3 Å². The van der Waals surface area contributed by atoms with Gasteiger partial charge in [0.2, 0.25) is 0 Å². The van der Waals surface area contributed by atoms with Gasteiger partial charge in [0.25, 0.3) is 0 Å². The highest BCUT2D eigenvalue weighted by molar-refractivity contribution is 5.89. The Bertz CT molecular complexity index is 798. The summed E-state index contributed by atoms with van der Waals surface area (Å²) in [6.07, 6.45) is 0. The van der Waals surface area contributed by atoms with E-state index in [2.05, 4.69) is 10.2 Å². The Labute approximate surface area is 127 Å². The van der Waals surface area contributed by atoms with Gasteiger partial charge >= 0.3 is 0 Å². The zero-order valence-corrected chi connectivity index (χ0v) is 12.4. The molecule has 0 saturated heterocycles. The number of hydrogen-bond donors (Lipinski definition) is 2. The Kier molecular flexibility index (Phi) is 3.74. The fraction of sp³-hybridized carbons (Fsp3) is 0.188. The molecule has 0 spiro atoms. The van der Waals surface area contributed by atoms with E-state index in [9.17, 15) is 0 Å². The predicted octanol–water partition coefficient (Wildman–Crippen LogP) is 2.74. The van der Waals surface area contributed by atoms with E-state index in [-0.39, 0.29) is 0 Å². The summed E-state index contributed by atoms with van der Waals surface area (Å²) >= 11 is 0. The summed E-state index contributed by atoms with van der Waals surface area (Å²) in [7, 11) is 3.22. The van der Waals surface area contributed by atoms with Crippen LogP contribution in [0.5, 0.6) is 17.2 Å². The van der Waals surface area contributed by atoms with Crippen molar-refractivity contribution in [2.75, 3.05) is 20.0 Å². The summed E-state index contributed by atoms with van der Waals surface area (Å²) in [4.78, 5) is 0. The molecule has 2 aromatic carbocycles. The highest BCUT2D eigenvalue weighted by Gasteiger charge is 2.06. The molecular weight excluding hydrogens is 282 g/mol. The molecule has 0 unspecified atom stereocenters. The van der Waals surface area contributed by atoms with Gasteiger partial charge in [-0.2, -0.15) is 5.10 Å². The molecule has 3 rings (SSSR count). The van der Waals surface area contributed by atoms with Crippen LogP contribution in [0.25, 0.3) is 10.9 Å². The average Bonchev–Trinajstić information content (AvgIpc) is 2.93. The third-order valence-electron chi connectivity index (χ3n) is 3.42. The molecule has 1 aromatic heterocycles. The minimum atomic E-state index is 0.426. The lowest BCUT2D eigenvalue weighted by Crippen LogP contribution is -1.97. The Morgan fingerprint density at radius 2 is 1.86 bits per heavy atom. The summed E-state index contributed by atoms with van der Waals surface area (Å²) in [5.41, 5.74) is 7.58. The highest BCUT2D eigenvalue weighted by atomic mass is 16.5. The number of benzene rings is 2. The van der Waals surface area contributed by atoms with Crippen LogP contribution in [0.3, 0.4) is 0 Å². The lowest BCUT2D eigenvalue weighted by atomic mass is 10.2. The summed E-state index contributed by atoms with van der Waals surface area (Å²) in [5.74, 6) is 2.60. The molecule has 6 nitrogen and oxygen atoms in total. The maximum absolute atomic E-state index is 5.80. The minimum absolute atomic E-state index is 0.426. The Morgan fingerprint density at radius 3 is 2.64 bits per heavy atom. The van der Waals surface area contributed by atoms with Crippen molar-refractivity contribution < 1.29 is 14.2 Å². The zero-order chi connectivity index (χ0) is 15.5. The molecule has 0 aliphatic rings. The molecule has 0 saturated carbocycles. The van der Waals surface area contributed by atoms with Gasteiger partial charge in [-0.25, -0.2) is 0 Å². The van der Waals surface area contributed by atoms with Crippen molar-refractivity contribution in [3.8, 4) is 17.2 Å². The van der Waals surface area contributed by atoms with E-state index >= 15 is 0 Å². The number of rotatable bonds is 5. The first kappa shape index (κ1) is 14.1. The molecule has 0 aliphatic heterocycles. The molecule has 3 N–H and O–H groups in total. The zero-order valence-electron chi connectivity index (χ0n) is 12.4. The molecule has 1 heterocycles. The fourth-order valence-electron chi connectivity index (χ4n) is 2.25. The Hall–Kier alpha value is -2.89. The topological polar surface area (TPSA) is 82.4 Å². The first-order valence-electron chi connectivity index (χ1n) is 6.78. The molecule has 22 heavy (non-hydrogen) atoms. The van der Waals surface area contributed by atoms with Gasteiger partial charge in [0.1, 0.15) is 12.4 Å². The number of hydrogen-bond acceptors (Lipinski definition) is 5. The molecule has 0 atom stereocenters. The quantitative estimate of drug-likeness (QED) is 0.757. The Balaban J connectivity index is 1.75. The van der Waals surface area contributed by atoms with Crippen LogP contribution in [0, 0.1) is 0 Å². The highest BCUT2D eigenvalue weighted by Crippen LogP contribution is 2.28. The van der Waals surface area contributed by atoms with E-state index in [1.54, 1.807) is 14.2 Å². The van der Waals surface area contributed by atoms with Crippen molar-refractivity contribution in [2.45, 2.75) is 6.61 Å². The smallest absolute Gasteiger partial charge is 0.161 e. The van der Waals surface area contributed by atoms with Gasteiger partial charge in [0, 0.05) is 11.5 Å². The van der Waals surface area contributed by atoms with Crippen molar-refractivity contribution in [1.82, 2.24) is 10.2 Å². The van der Waals surface area contributed by atoms with Crippen molar-refractivity contribution in [3.05, 3.63) is 42.0 Å². The number of nitrogen functional groups attached to an aromatic ring is 1. The summed E-state index contributed by atoms with van der Waals surface area (Å²) < 4.78 is 16.3. The van der Waals surface area contributed by atoms with Crippen LogP contribution in [-0.4, -0.2) is 24.4 Å². The second-order valence-electron chi connectivity index (χ2n) is 4.79. The molecule has 6 heteroatoms. The van der Waals surface area contributed by atoms with Gasteiger partial charge in [-0.3, -0.25) is 5.10 Å². The second-order valence-corrected chi connectivity index (χ2v) is 4.79. The molecule has 0 amide bonds. The average molecular weight is 299 g/mol. The van der Waals surface area contributed by atoms with Crippen LogP contribution >= 0.6 is 0 Å². The number of nitrogens with one attached hydrogen (secondary N) is 1. The summed E-state index contributed by atoms with van der Waals surface area (Å²) in [6.45, 7) is 0.426. The van der Waals surface area contributed by atoms with Crippen molar-refractivity contribution in [1.29, 1.82) is 0 Å². The lowest BCUT2D eigenvalue weighted by molar-refractivity contribution is 0.304. The number of H-pyrrole nitrogens is 1. The van der Waals surface area contributed by atoms with Crippen LogP contribution in [0.4, 0.5) is 5.82 Å². The summed E-state index contributed by atoms with van der Waals surface area (Å²) in [6, 6.07) is 11.3. The first-order valence-corrected chi connectivity index (χ1v) is 6.78. The number of nitrogens with two attached hydrogens (primary N) is 1. The molecular formula is C16H17N3O3. The van der Waals surface area contributed by atoms with E-state index in [0.717, 1.165) is 22.2 Å². The number of aromatic nitrogens is 2. The molecule has 0 aliphatic carbocycles. The van der Waals surface area contributed by atoms with Crippen molar-refractivity contribution >= 4 is 16.7 Å². The first-order chi connectivity index (χ1) is 10.7. The molecule has 0 fully saturated rings. The van der Waals surface area contributed by atoms with E-state index in [4.69, 9.17) is 19.9 Å². The number of nitrogens with zero attached hydrogens (tertiary/aromatic N) is 1. The summed E-state index contributed by atoms with van der Waals surface area (Å²) in [5, 5.41) is 7.72. The molecule has 114 valence electrons. The standard InChI is InChI=1S/C16H17N3O3/c1-20-14-6-3-10(7-15(14)21-2)9-22-11-4-5-12-13(8-11)18-19-16(12)17/h3-8H,9H2,1-2H3,(H3,17,18,19). The van der Waals surface area contributed by atoms with Gasteiger partial charge in [-0.1, -0.05) is 6.07 Å². The predicted molar refractivity (Wildman–Crippen MR) is 84.4 cm³/mol. The number of anilines is 1. The van der Waals surface area contributed by atoms with E-state index < -0.39 is 0 Å². The molecule has 3 aromatic rings. The van der Waals surface area contributed by atoms with Crippen molar-refractivity contribution in [3.63, 3.8) is 0 Å². The number of aromatic amines is 1. The van der Waals surface area contributed by atoms with E-state index in [1.165, 1.54) is 0 Å². The molecule has 0 radical (unpaired) electrons. The van der Waals surface area contributed by atoms with Gasteiger partial charge in [0.05, 0.1) is 19.7 Å². The van der Waals surface area contributed by atoms with Gasteiger partial charge in [-0.05, 0) is 29.8 Å². The van der Waals surface area contributed by atoms with Crippen LogP contribution in [-0.2, 0) is 6.61 Å². The lowest BCUT2D eigenvalue weighted by Gasteiger charge is -2.10. The van der Waals surface area contributed by atoms with Crippen LogP contribution in [0.1, 0.15) is 5.56 Å². The number of fused-ring (bicyclic) bond motifs is 1. The Morgan fingerprint density at radius 1 is 1.05 bits per heavy atom. The van der Waals surface area contributed by atoms with E-state index in [0.29, 0.717) is 23.9 Å². The largest absolute Gasteiger partial charge is 0.493 e. The second kappa shape index (κ2) is 5.85. The third-order valence-corrected chi connectivity index (χ3v) is 3.42. The minimum Gasteiger partial charge on any atom is -0.493 e.